The lowest BCUT2D eigenvalue weighted by Crippen LogP contribution is -2.51. The Kier molecular flexibility index (Phi) is 7.60. The molecule has 3 rings (SSSR count). The highest BCUT2D eigenvalue weighted by atomic mass is 32.1. The average Bonchev–Trinajstić information content (AvgIpc) is 3.40. The van der Waals surface area contributed by atoms with Crippen LogP contribution in [0, 0.1) is 0 Å². The Morgan fingerprint density at radius 3 is 2.41 bits per heavy atom. The Balaban J connectivity index is 1.57. The summed E-state index contributed by atoms with van der Waals surface area (Å²) in [7, 11) is 0. The number of nitrogens with zero attached hydrogens (tertiary/aromatic N) is 2. The first kappa shape index (κ1) is 23.4. The van der Waals surface area contributed by atoms with E-state index in [9.17, 15) is 19.2 Å². The lowest BCUT2D eigenvalue weighted by atomic mass is 9.87. The standard InChI is InChI=1S/C22H27N5O4S/c1-3-22(16-9-6-5-7-10-16)20(30)27(21(31)24-22)25-19(29)15-26(4-2)14-18(28)23-13-17-11-8-12-32-17/h5-12H,3-4,13-15H2,1-2H3,(H,23,28)(H,24,31)(H,25,29)/t22-/m1/s1. The van der Waals surface area contributed by atoms with Crippen molar-refractivity contribution < 1.29 is 19.2 Å². The zero-order valence-corrected chi connectivity index (χ0v) is 18.9. The Bertz CT molecular complexity index is 966. The molecule has 9 nitrogen and oxygen atoms in total. The highest BCUT2D eigenvalue weighted by Gasteiger charge is 2.52. The van der Waals surface area contributed by atoms with Gasteiger partial charge in [-0.3, -0.25) is 24.7 Å². The molecule has 10 heteroatoms. The molecule has 3 N–H and O–H groups in total. The van der Waals surface area contributed by atoms with Crippen LogP contribution in [-0.2, 0) is 26.5 Å². The number of carbonyl (C=O) groups is 4. The highest BCUT2D eigenvalue weighted by molar-refractivity contribution is 7.09. The molecule has 1 aromatic carbocycles. The van der Waals surface area contributed by atoms with Crippen LogP contribution in [0.1, 0.15) is 30.7 Å². The van der Waals surface area contributed by atoms with Gasteiger partial charge in [0.1, 0.15) is 5.54 Å². The first-order valence-electron chi connectivity index (χ1n) is 10.4. The Morgan fingerprint density at radius 2 is 1.78 bits per heavy atom. The minimum absolute atomic E-state index is 0.0261. The van der Waals surface area contributed by atoms with Crippen LogP contribution in [0.25, 0.3) is 0 Å². The van der Waals surface area contributed by atoms with E-state index in [0.29, 0.717) is 25.1 Å². The third-order valence-corrected chi connectivity index (χ3v) is 6.22. The van der Waals surface area contributed by atoms with Gasteiger partial charge in [-0.25, -0.2) is 4.79 Å². The van der Waals surface area contributed by atoms with Crippen molar-refractivity contribution in [2.24, 2.45) is 0 Å². The third-order valence-electron chi connectivity index (χ3n) is 5.35. The Morgan fingerprint density at radius 1 is 1.06 bits per heavy atom. The largest absolute Gasteiger partial charge is 0.350 e. The van der Waals surface area contributed by atoms with Crippen LogP contribution < -0.4 is 16.1 Å². The molecule has 5 amide bonds. The summed E-state index contributed by atoms with van der Waals surface area (Å²) in [5.41, 5.74) is 1.81. The first-order valence-corrected chi connectivity index (χ1v) is 11.3. The van der Waals surface area contributed by atoms with E-state index in [-0.39, 0.29) is 19.0 Å². The molecule has 0 radical (unpaired) electrons. The van der Waals surface area contributed by atoms with Crippen LogP contribution in [0.15, 0.2) is 47.8 Å². The SMILES string of the molecule is CCN(CC(=O)NCc1cccs1)CC(=O)NN1C(=O)N[C@](CC)(c2ccccc2)C1=O. The second kappa shape index (κ2) is 10.4. The molecule has 0 aliphatic carbocycles. The van der Waals surface area contributed by atoms with Crippen LogP contribution in [0.2, 0.25) is 0 Å². The smallest absolute Gasteiger partial charge is 0.344 e. The fourth-order valence-electron chi connectivity index (χ4n) is 3.54. The lowest BCUT2D eigenvalue weighted by Gasteiger charge is -2.26. The van der Waals surface area contributed by atoms with Gasteiger partial charge in [0.2, 0.25) is 5.91 Å². The number of urea groups is 1. The summed E-state index contributed by atoms with van der Waals surface area (Å²) in [5.74, 6) is -1.31. The fraction of sp³-hybridized carbons (Fsp3) is 0.364. The molecule has 0 unspecified atom stereocenters. The molecule has 1 aromatic heterocycles. The van der Waals surface area contributed by atoms with E-state index in [1.807, 2.05) is 30.5 Å². The second-order valence-electron chi connectivity index (χ2n) is 7.39. The van der Waals surface area contributed by atoms with Crippen molar-refractivity contribution in [3.8, 4) is 0 Å². The van der Waals surface area contributed by atoms with Crippen LogP contribution in [-0.4, -0.2) is 53.3 Å². The van der Waals surface area contributed by atoms with Crippen LogP contribution >= 0.6 is 11.3 Å². The summed E-state index contributed by atoms with van der Waals surface area (Å²) in [4.78, 5) is 53.0. The average molecular weight is 458 g/mol. The van der Waals surface area contributed by atoms with Crippen molar-refractivity contribution in [3.05, 3.63) is 58.3 Å². The van der Waals surface area contributed by atoms with Crippen LogP contribution in [0.3, 0.4) is 0 Å². The molecular formula is C22H27N5O4S. The van der Waals surface area contributed by atoms with Gasteiger partial charge in [0.15, 0.2) is 0 Å². The third kappa shape index (κ3) is 5.14. The van der Waals surface area contributed by atoms with E-state index < -0.39 is 23.4 Å². The Labute approximate surface area is 190 Å². The van der Waals surface area contributed by atoms with E-state index in [2.05, 4.69) is 16.1 Å². The highest BCUT2D eigenvalue weighted by Crippen LogP contribution is 2.31. The van der Waals surface area contributed by atoms with Gasteiger partial charge in [0.05, 0.1) is 19.6 Å². The van der Waals surface area contributed by atoms with E-state index in [1.54, 1.807) is 47.4 Å². The van der Waals surface area contributed by atoms with E-state index in [1.165, 1.54) is 0 Å². The number of nitrogens with one attached hydrogen (secondary N) is 3. The maximum Gasteiger partial charge on any atom is 0.344 e. The molecule has 0 spiro atoms. The molecule has 1 atom stereocenters. The summed E-state index contributed by atoms with van der Waals surface area (Å²) in [5, 5.41) is 8.19. The van der Waals surface area contributed by atoms with Crippen molar-refractivity contribution in [2.75, 3.05) is 19.6 Å². The first-order chi connectivity index (χ1) is 15.4. The molecule has 0 saturated carbocycles. The number of rotatable bonds is 10. The van der Waals surface area contributed by atoms with E-state index in [0.717, 1.165) is 9.89 Å². The van der Waals surface area contributed by atoms with E-state index in [4.69, 9.17) is 0 Å². The normalized spacial score (nSPS) is 18.0. The molecule has 2 aromatic rings. The van der Waals surface area contributed by atoms with Crippen molar-refractivity contribution >= 4 is 35.1 Å². The number of hydrazine groups is 1. The van der Waals surface area contributed by atoms with Gasteiger partial charge >= 0.3 is 6.03 Å². The van der Waals surface area contributed by atoms with E-state index >= 15 is 0 Å². The van der Waals surface area contributed by atoms with Gasteiger partial charge < -0.3 is 10.6 Å². The summed E-state index contributed by atoms with van der Waals surface area (Å²) in [6, 6.07) is 12.1. The second-order valence-corrected chi connectivity index (χ2v) is 8.42. The molecule has 1 aliphatic heterocycles. The van der Waals surface area contributed by atoms with Crippen molar-refractivity contribution in [1.29, 1.82) is 0 Å². The molecule has 170 valence electrons. The number of likely N-dealkylation sites (N-methyl/N-ethyl adjacent to an activating group) is 1. The topological polar surface area (TPSA) is 111 Å². The maximum atomic E-state index is 13.1. The van der Waals surface area contributed by atoms with Crippen LogP contribution in [0.5, 0.6) is 0 Å². The minimum atomic E-state index is -1.22. The molecular weight excluding hydrogens is 430 g/mol. The predicted molar refractivity (Wildman–Crippen MR) is 120 cm³/mol. The summed E-state index contributed by atoms with van der Waals surface area (Å²) < 4.78 is 0. The van der Waals surface area contributed by atoms with Gasteiger partial charge in [0, 0.05) is 4.88 Å². The molecule has 2 heterocycles. The van der Waals surface area contributed by atoms with Crippen molar-refractivity contribution in [1.82, 2.24) is 26.0 Å². The number of hydrogen-bond acceptors (Lipinski definition) is 6. The summed E-state index contributed by atoms with van der Waals surface area (Å²) in [6.45, 7) is 4.39. The number of thiophene rings is 1. The number of imide groups is 1. The molecule has 0 bridgehead atoms. The van der Waals surface area contributed by atoms with Gasteiger partial charge in [-0.1, -0.05) is 50.2 Å². The minimum Gasteiger partial charge on any atom is -0.350 e. The number of amides is 5. The zero-order chi connectivity index (χ0) is 23.1. The molecule has 1 aliphatic rings. The van der Waals surface area contributed by atoms with Gasteiger partial charge in [0.25, 0.3) is 11.8 Å². The fourth-order valence-corrected chi connectivity index (χ4v) is 4.18. The number of hydrogen-bond donors (Lipinski definition) is 3. The van der Waals surface area contributed by atoms with Crippen LogP contribution in [0.4, 0.5) is 4.79 Å². The van der Waals surface area contributed by atoms with Crippen molar-refractivity contribution in [3.63, 3.8) is 0 Å². The maximum absolute atomic E-state index is 13.1. The number of carbonyl (C=O) groups excluding carboxylic acids is 4. The van der Waals surface area contributed by atoms with Crippen molar-refractivity contribution in [2.45, 2.75) is 32.4 Å². The van der Waals surface area contributed by atoms with Gasteiger partial charge in [-0.05, 0) is 30.0 Å². The molecule has 1 saturated heterocycles. The molecule has 1 fully saturated rings. The zero-order valence-electron chi connectivity index (χ0n) is 18.1. The van der Waals surface area contributed by atoms with Gasteiger partial charge in [-0.2, -0.15) is 5.01 Å². The van der Waals surface area contributed by atoms with Gasteiger partial charge in [-0.15, -0.1) is 11.3 Å². The Hall–Kier alpha value is -3.24. The summed E-state index contributed by atoms with van der Waals surface area (Å²) in [6.07, 6.45) is 0.333. The predicted octanol–water partition coefficient (Wildman–Crippen LogP) is 1.57. The lowest BCUT2D eigenvalue weighted by molar-refractivity contribution is -0.140. The number of benzene rings is 1. The summed E-state index contributed by atoms with van der Waals surface area (Å²) >= 11 is 1.55. The quantitative estimate of drug-likeness (QED) is 0.469. The molecule has 32 heavy (non-hydrogen) atoms. The monoisotopic (exact) mass is 457 g/mol.